The maximum absolute atomic E-state index is 12.6. The average Bonchev–Trinajstić information content (AvgIpc) is 3.21. The third-order valence-electron chi connectivity index (χ3n) is 5.81. The van der Waals surface area contributed by atoms with E-state index in [1.165, 1.54) is 12.6 Å². The van der Waals surface area contributed by atoms with Crippen LogP contribution in [-0.2, 0) is 11.8 Å². The zero-order chi connectivity index (χ0) is 21.3. The highest BCUT2D eigenvalue weighted by Crippen LogP contribution is 2.35. The molecule has 2 unspecified atom stereocenters. The van der Waals surface area contributed by atoms with Crippen LogP contribution in [0.2, 0.25) is 10.2 Å². The SMILES string of the molecule is Cn1ncc(Cl)c1-c1cc(C(=O)NC2CCC(CC(=O)NC3CCC3)NC2)oc1Cl. The summed E-state index contributed by atoms with van der Waals surface area (Å²) >= 11 is 12.4. The van der Waals surface area contributed by atoms with Crippen LogP contribution in [0.3, 0.4) is 0 Å². The highest BCUT2D eigenvalue weighted by molar-refractivity contribution is 6.35. The van der Waals surface area contributed by atoms with Gasteiger partial charge in [-0.3, -0.25) is 14.3 Å². The van der Waals surface area contributed by atoms with Crippen LogP contribution >= 0.6 is 23.2 Å². The monoisotopic (exact) mass is 453 g/mol. The first-order chi connectivity index (χ1) is 14.4. The quantitative estimate of drug-likeness (QED) is 0.623. The van der Waals surface area contributed by atoms with Gasteiger partial charge in [-0.15, -0.1) is 0 Å². The topological polar surface area (TPSA) is 101 Å². The van der Waals surface area contributed by atoms with Crippen LogP contribution in [0.1, 0.15) is 49.1 Å². The van der Waals surface area contributed by atoms with Crippen molar-refractivity contribution in [2.24, 2.45) is 7.05 Å². The maximum atomic E-state index is 12.6. The normalized spacial score (nSPS) is 21.8. The Bertz CT molecular complexity index is 910. The minimum atomic E-state index is -0.339. The van der Waals surface area contributed by atoms with E-state index < -0.39 is 0 Å². The lowest BCUT2D eigenvalue weighted by molar-refractivity contribution is -0.123. The Balaban J connectivity index is 1.29. The predicted octanol–water partition coefficient (Wildman–Crippen LogP) is 2.90. The van der Waals surface area contributed by atoms with Crippen molar-refractivity contribution in [2.75, 3.05) is 6.54 Å². The predicted molar refractivity (Wildman–Crippen MR) is 114 cm³/mol. The van der Waals surface area contributed by atoms with Gasteiger partial charge in [0.2, 0.25) is 11.1 Å². The minimum Gasteiger partial charge on any atom is -0.439 e. The summed E-state index contributed by atoms with van der Waals surface area (Å²) in [5.74, 6) is -0.116. The Morgan fingerprint density at radius 3 is 2.63 bits per heavy atom. The van der Waals surface area contributed by atoms with E-state index in [4.69, 9.17) is 27.6 Å². The third-order valence-corrected chi connectivity index (χ3v) is 6.37. The zero-order valence-corrected chi connectivity index (χ0v) is 18.2. The molecule has 10 heteroatoms. The third kappa shape index (κ3) is 4.66. The smallest absolute Gasteiger partial charge is 0.287 e. The van der Waals surface area contributed by atoms with E-state index in [0.717, 1.165) is 25.7 Å². The van der Waals surface area contributed by atoms with Crippen molar-refractivity contribution < 1.29 is 14.0 Å². The molecular weight excluding hydrogens is 429 g/mol. The van der Waals surface area contributed by atoms with E-state index in [9.17, 15) is 9.59 Å². The molecule has 0 spiro atoms. The Hall–Kier alpha value is -2.03. The second kappa shape index (κ2) is 8.99. The van der Waals surface area contributed by atoms with Crippen molar-refractivity contribution in [1.29, 1.82) is 0 Å². The van der Waals surface area contributed by atoms with Crippen molar-refractivity contribution in [3.05, 3.63) is 28.3 Å². The summed E-state index contributed by atoms with van der Waals surface area (Å²) in [4.78, 5) is 24.7. The fraction of sp³-hybridized carbons (Fsp3) is 0.550. The van der Waals surface area contributed by atoms with Crippen LogP contribution in [0.4, 0.5) is 0 Å². The number of carbonyl (C=O) groups is 2. The van der Waals surface area contributed by atoms with Gasteiger partial charge in [0.1, 0.15) is 0 Å². The van der Waals surface area contributed by atoms with Gasteiger partial charge in [0, 0.05) is 44.2 Å². The van der Waals surface area contributed by atoms with E-state index in [1.54, 1.807) is 17.8 Å². The van der Waals surface area contributed by atoms with Gasteiger partial charge < -0.3 is 20.4 Å². The average molecular weight is 454 g/mol. The Morgan fingerprint density at radius 1 is 1.23 bits per heavy atom. The van der Waals surface area contributed by atoms with Gasteiger partial charge in [-0.05, 0) is 43.7 Å². The number of rotatable bonds is 6. The van der Waals surface area contributed by atoms with E-state index >= 15 is 0 Å². The van der Waals surface area contributed by atoms with Crippen molar-refractivity contribution in [3.63, 3.8) is 0 Å². The molecule has 162 valence electrons. The molecule has 2 fully saturated rings. The highest BCUT2D eigenvalue weighted by Gasteiger charge is 2.27. The lowest BCUT2D eigenvalue weighted by Crippen LogP contribution is -2.51. The molecule has 2 aliphatic rings. The number of hydrogen-bond donors (Lipinski definition) is 3. The number of nitrogens with one attached hydrogen (secondary N) is 3. The van der Waals surface area contributed by atoms with Crippen molar-refractivity contribution in [2.45, 2.75) is 56.7 Å². The number of furan rings is 1. The second-order valence-electron chi connectivity index (χ2n) is 8.02. The number of nitrogens with zero attached hydrogens (tertiary/aromatic N) is 2. The van der Waals surface area contributed by atoms with Crippen molar-refractivity contribution in [3.8, 4) is 11.3 Å². The number of hydrogen-bond acceptors (Lipinski definition) is 5. The Kier molecular flexibility index (Phi) is 6.36. The molecule has 8 nitrogen and oxygen atoms in total. The molecule has 1 saturated heterocycles. The van der Waals surface area contributed by atoms with Gasteiger partial charge in [0.25, 0.3) is 5.91 Å². The number of amides is 2. The molecule has 0 bridgehead atoms. The first kappa shape index (κ1) is 21.2. The lowest BCUT2D eigenvalue weighted by atomic mass is 9.92. The molecule has 3 heterocycles. The summed E-state index contributed by atoms with van der Waals surface area (Å²) < 4.78 is 7.04. The van der Waals surface area contributed by atoms with Gasteiger partial charge in [0.05, 0.1) is 22.5 Å². The van der Waals surface area contributed by atoms with Gasteiger partial charge in [0.15, 0.2) is 5.76 Å². The zero-order valence-electron chi connectivity index (χ0n) is 16.7. The largest absolute Gasteiger partial charge is 0.439 e. The summed E-state index contributed by atoms with van der Waals surface area (Å²) in [7, 11) is 1.74. The van der Waals surface area contributed by atoms with E-state index in [0.29, 0.717) is 35.3 Å². The van der Waals surface area contributed by atoms with Gasteiger partial charge >= 0.3 is 0 Å². The van der Waals surface area contributed by atoms with Crippen LogP contribution < -0.4 is 16.0 Å². The number of halogens is 2. The first-order valence-corrected chi connectivity index (χ1v) is 11.0. The minimum absolute atomic E-state index is 0.0453. The van der Waals surface area contributed by atoms with Crippen LogP contribution in [0.15, 0.2) is 16.7 Å². The molecule has 2 atom stereocenters. The van der Waals surface area contributed by atoms with Gasteiger partial charge in [-0.1, -0.05) is 11.6 Å². The number of aryl methyl sites for hydroxylation is 1. The second-order valence-corrected chi connectivity index (χ2v) is 8.77. The lowest BCUT2D eigenvalue weighted by Gasteiger charge is -2.31. The number of piperidine rings is 1. The fourth-order valence-corrected chi connectivity index (χ4v) is 4.38. The molecule has 2 amide bonds. The number of carbonyl (C=O) groups excluding carboxylic acids is 2. The molecular formula is C20H25Cl2N5O3. The Labute approximate surface area is 184 Å². The molecule has 1 saturated carbocycles. The highest BCUT2D eigenvalue weighted by atomic mass is 35.5. The van der Waals surface area contributed by atoms with Crippen LogP contribution in [-0.4, -0.2) is 46.3 Å². The van der Waals surface area contributed by atoms with E-state index in [2.05, 4.69) is 21.0 Å². The summed E-state index contributed by atoms with van der Waals surface area (Å²) in [6.45, 7) is 0.599. The Morgan fingerprint density at radius 2 is 2.03 bits per heavy atom. The molecule has 0 radical (unpaired) electrons. The van der Waals surface area contributed by atoms with Crippen molar-refractivity contribution in [1.82, 2.24) is 25.7 Å². The molecule has 1 aliphatic heterocycles. The molecule has 2 aromatic heterocycles. The van der Waals surface area contributed by atoms with E-state index in [1.807, 2.05) is 0 Å². The van der Waals surface area contributed by atoms with Crippen LogP contribution in [0.5, 0.6) is 0 Å². The molecule has 3 N–H and O–H groups in total. The molecule has 30 heavy (non-hydrogen) atoms. The van der Waals surface area contributed by atoms with Crippen LogP contribution in [0, 0.1) is 0 Å². The number of aromatic nitrogens is 2. The molecule has 4 rings (SSSR count). The van der Waals surface area contributed by atoms with Crippen molar-refractivity contribution >= 4 is 35.0 Å². The van der Waals surface area contributed by atoms with Gasteiger partial charge in [-0.2, -0.15) is 5.10 Å². The summed E-state index contributed by atoms with van der Waals surface area (Å²) in [5, 5.41) is 14.0. The van der Waals surface area contributed by atoms with Gasteiger partial charge in [-0.25, -0.2) is 0 Å². The molecule has 1 aliphatic carbocycles. The maximum Gasteiger partial charge on any atom is 0.287 e. The fourth-order valence-electron chi connectivity index (χ4n) is 3.89. The summed E-state index contributed by atoms with van der Waals surface area (Å²) in [6.07, 6.45) is 6.96. The van der Waals surface area contributed by atoms with Crippen LogP contribution in [0.25, 0.3) is 11.3 Å². The van der Waals surface area contributed by atoms with E-state index in [-0.39, 0.29) is 34.9 Å². The molecule has 2 aromatic rings. The first-order valence-electron chi connectivity index (χ1n) is 10.2. The summed E-state index contributed by atoms with van der Waals surface area (Å²) in [6, 6.07) is 2.02. The summed E-state index contributed by atoms with van der Waals surface area (Å²) in [5.41, 5.74) is 1.11. The molecule has 0 aromatic carbocycles. The standard InChI is InChI=1S/C20H25Cl2N5O3/c1-27-18(15(21)10-24-27)14-8-16(30-19(14)22)20(29)26-13-6-5-12(23-9-13)7-17(28)25-11-3-2-4-11/h8,10-13,23H,2-7,9H2,1H3,(H,25,28)(H,26,29).